The Kier molecular flexibility index (Phi) is 6.32. The van der Waals surface area contributed by atoms with Crippen molar-refractivity contribution in [1.82, 2.24) is 15.6 Å². The number of rotatable bonds is 7. The lowest BCUT2D eigenvalue weighted by Gasteiger charge is -2.17. The monoisotopic (exact) mass is 375 g/mol. The van der Waals surface area contributed by atoms with Gasteiger partial charge in [0, 0.05) is 23.5 Å². The van der Waals surface area contributed by atoms with Crippen molar-refractivity contribution in [3.63, 3.8) is 0 Å². The molecule has 0 saturated carbocycles. The van der Waals surface area contributed by atoms with Crippen LogP contribution in [0.2, 0.25) is 0 Å². The lowest BCUT2D eigenvalue weighted by Crippen LogP contribution is -2.48. The maximum Gasteiger partial charge on any atom is 0.408 e. The minimum Gasteiger partial charge on any atom is -0.445 e. The zero-order valence-corrected chi connectivity index (χ0v) is 15.3. The molecule has 2 amide bonds. The number of fused-ring (bicyclic) bond motifs is 1. The van der Waals surface area contributed by atoms with Gasteiger partial charge in [-0.15, -0.1) is 6.42 Å². The van der Waals surface area contributed by atoms with E-state index in [4.69, 9.17) is 11.2 Å². The van der Waals surface area contributed by atoms with E-state index < -0.39 is 12.1 Å². The number of ether oxygens (including phenoxy) is 1. The molecule has 1 aromatic heterocycles. The normalized spacial score (nSPS) is 11.4. The van der Waals surface area contributed by atoms with Gasteiger partial charge < -0.3 is 20.4 Å². The number of alkyl carbamates (subject to hydrolysis) is 1. The van der Waals surface area contributed by atoms with Gasteiger partial charge in [0.15, 0.2) is 0 Å². The van der Waals surface area contributed by atoms with Gasteiger partial charge in [0.05, 0.1) is 6.54 Å². The Morgan fingerprint density at radius 1 is 1.11 bits per heavy atom. The van der Waals surface area contributed by atoms with Crippen LogP contribution in [0.1, 0.15) is 11.1 Å². The number of hydrogen-bond donors (Lipinski definition) is 3. The van der Waals surface area contributed by atoms with Gasteiger partial charge in [-0.25, -0.2) is 4.79 Å². The van der Waals surface area contributed by atoms with Gasteiger partial charge >= 0.3 is 6.09 Å². The average molecular weight is 375 g/mol. The Bertz CT molecular complexity index is 989. The molecular formula is C22H21N3O3. The lowest BCUT2D eigenvalue weighted by molar-refractivity contribution is -0.122. The molecule has 0 radical (unpaired) electrons. The SMILES string of the molecule is C#CCNC(=O)[C@@H](Cc1c[nH]c2ccccc12)NC(=O)OCc1ccccc1. The van der Waals surface area contributed by atoms with Crippen LogP contribution in [0.4, 0.5) is 4.79 Å². The summed E-state index contributed by atoms with van der Waals surface area (Å²) in [6.07, 6.45) is 6.70. The maximum atomic E-state index is 12.5. The number of amides is 2. The van der Waals surface area contributed by atoms with Gasteiger partial charge in [-0.1, -0.05) is 54.5 Å². The topological polar surface area (TPSA) is 83.2 Å². The number of H-pyrrole nitrogens is 1. The second-order valence-electron chi connectivity index (χ2n) is 6.24. The van der Waals surface area contributed by atoms with Crippen LogP contribution in [0.3, 0.4) is 0 Å². The van der Waals surface area contributed by atoms with Crippen molar-refractivity contribution >= 4 is 22.9 Å². The molecule has 3 rings (SSSR count). The van der Waals surface area contributed by atoms with Gasteiger partial charge in [0.25, 0.3) is 0 Å². The van der Waals surface area contributed by atoms with Gasteiger partial charge in [0.2, 0.25) is 5.91 Å². The molecule has 3 N–H and O–H groups in total. The first-order chi connectivity index (χ1) is 13.7. The molecule has 0 aliphatic heterocycles. The molecule has 142 valence electrons. The van der Waals surface area contributed by atoms with Crippen LogP contribution >= 0.6 is 0 Å². The first kappa shape index (κ1) is 19.1. The summed E-state index contributed by atoms with van der Waals surface area (Å²) in [7, 11) is 0. The fourth-order valence-electron chi connectivity index (χ4n) is 2.90. The highest BCUT2D eigenvalue weighted by Crippen LogP contribution is 2.19. The number of para-hydroxylation sites is 1. The molecule has 0 saturated heterocycles. The Morgan fingerprint density at radius 2 is 1.86 bits per heavy atom. The van der Waals surface area contributed by atoms with E-state index in [1.807, 2.05) is 60.8 Å². The summed E-state index contributed by atoms with van der Waals surface area (Å²) in [5, 5.41) is 6.26. The molecule has 6 heteroatoms. The van der Waals surface area contributed by atoms with E-state index in [0.717, 1.165) is 22.0 Å². The van der Waals surface area contributed by atoms with Crippen LogP contribution in [-0.4, -0.2) is 29.6 Å². The molecular weight excluding hydrogens is 354 g/mol. The summed E-state index contributed by atoms with van der Waals surface area (Å²) in [4.78, 5) is 27.9. The third kappa shape index (κ3) is 4.92. The van der Waals surface area contributed by atoms with Crippen LogP contribution in [0.15, 0.2) is 60.8 Å². The van der Waals surface area contributed by atoms with Crippen molar-refractivity contribution in [1.29, 1.82) is 0 Å². The lowest BCUT2D eigenvalue weighted by atomic mass is 10.0. The fraction of sp³-hybridized carbons (Fsp3) is 0.182. The zero-order valence-electron chi connectivity index (χ0n) is 15.3. The van der Waals surface area contributed by atoms with Crippen molar-refractivity contribution in [3.05, 3.63) is 71.9 Å². The number of aromatic nitrogens is 1. The average Bonchev–Trinajstić information content (AvgIpc) is 3.13. The van der Waals surface area contributed by atoms with Crippen LogP contribution < -0.4 is 10.6 Å². The molecule has 1 atom stereocenters. The molecule has 0 unspecified atom stereocenters. The van der Waals surface area contributed by atoms with Gasteiger partial charge in [-0.05, 0) is 17.2 Å². The van der Waals surface area contributed by atoms with Gasteiger partial charge in [-0.3, -0.25) is 4.79 Å². The summed E-state index contributed by atoms with van der Waals surface area (Å²) < 4.78 is 5.24. The Hall–Kier alpha value is -3.72. The first-order valence-electron chi connectivity index (χ1n) is 8.90. The predicted molar refractivity (Wildman–Crippen MR) is 107 cm³/mol. The largest absolute Gasteiger partial charge is 0.445 e. The smallest absolute Gasteiger partial charge is 0.408 e. The number of nitrogens with one attached hydrogen (secondary N) is 3. The minimum absolute atomic E-state index is 0.0873. The number of aromatic amines is 1. The van der Waals surface area contributed by atoms with Crippen LogP contribution in [0, 0.1) is 12.3 Å². The Labute approximate surface area is 163 Å². The number of carbonyl (C=O) groups is 2. The predicted octanol–water partition coefficient (Wildman–Crippen LogP) is 2.75. The maximum absolute atomic E-state index is 12.5. The van der Waals surface area contributed by atoms with Crippen LogP contribution in [-0.2, 0) is 22.6 Å². The van der Waals surface area contributed by atoms with Crippen molar-refractivity contribution in [2.45, 2.75) is 19.1 Å². The summed E-state index contributed by atoms with van der Waals surface area (Å²) in [6.45, 7) is 0.211. The van der Waals surface area contributed by atoms with Crippen molar-refractivity contribution < 1.29 is 14.3 Å². The highest BCUT2D eigenvalue weighted by atomic mass is 16.5. The van der Waals surface area contributed by atoms with Crippen molar-refractivity contribution in [2.75, 3.05) is 6.54 Å². The molecule has 0 spiro atoms. The molecule has 6 nitrogen and oxygen atoms in total. The third-order valence-electron chi connectivity index (χ3n) is 4.28. The van der Waals surface area contributed by atoms with Crippen LogP contribution in [0.25, 0.3) is 10.9 Å². The van der Waals surface area contributed by atoms with Gasteiger partial charge in [0.1, 0.15) is 12.6 Å². The molecule has 28 heavy (non-hydrogen) atoms. The highest BCUT2D eigenvalue weighted by Gasteiger charge is 2.23. The van der Waals surface area contributed by atoms with E-state index in [0.29, 0.717) is 6.42 Å². The number of terminal acetylenes is 1. The molecule has 2 aromatic carbocycles. The van der Waals surface area contributed by atoms with E-state index in [-0.39, 0.29) is 19.1 Å². The molecule has 3 aromatic rings. The number of benzene rings is 2. The van der Waals surface area contributed by atoms with Gasteiger partial charge in [-0.2, -0.15) is 0 Å². The fourth-order valence-corrected chi connectivity index (χ4v) is 2.90. The first-order valence-corrected chi connectivity index (χ1v) is 8.90. The standard InChI is InChI=1S/C22H21N3O3/c1-2-12-23-21(26)20(13-17-14-24-19-11-7-6-10-18(17)19)25-22(27)28-15-16-8-4-3-5-9-16/h1,3-11,14,20,24H,12-13,15H2,(H,23,26)(H,25,27)/t20-/m1/s1. The minimum atomic E-state index is -0.809. The summed E-state index contributed by atoms with van der Waals surface area (Å²) in [5.41, 5.74) is 2.74. The second-order valence-corrected chi connectivity index (χ2v) is 6.24. The molecule has 0 aliphatic carbocycles. The van der Waals surface area contributed by atoms with E-state index >= 15 is 0 Å². The Morgan fingerprint density at radius 3 is 2.64 bits per heavy atom. The van der Waals surface area contributed by atoms with E-state index in [2.05, 4.69) is 21.5 Å². The quantitative estimate of drug-likeness (QED) is 0.555. The van der Waals surface area contributed by atoms with E-state index in [9.17, 15) is 9.59 Å². The summed E-state index contributed by atoms with van der Waals surface area (Å²) >= 11 is 0. The van der Waals surface area contributed by atoms with E-state index in [1.165, 1.54) is 0 Å². The zero-order chi connectivity index (χ0) is 19.8. The molecule has 0 aliphatic rings. The van der Waals surface area contributed by atoms with Crippen molar-refractivity contribution in [3.8, 4) is 12.3 Å². The summed E-state index contributed by atoms with van der Waals surface area (Å²) in [6, 6.07) is 16.3. The summed E-state index contributed by atoms with van der Waals surface area (Å²) in [5.74, 6) is 2.00. The molecule has 0 bridgehead atoms. The van der Waals surface area contributed by atoms with E-state index in [1.54, 1.807) is 0 Å². The number of carbonyl (C=O) groups excluding carboxylic acids is 2. The molecule has 1 heterocycles. The highest BCUT2D eigenvalue weighted by molar-refractivity contribution is 5.88. The molecule has 0 fully saturated rings. The second kappa shape index (κ2) is 9.28. The Balaban J connectivity index is 1.68. The van der Waals surface area contributed by atoms with Crippen LogP contribution in [0.5, 0.6) is 0 Å². The third-order valence-corrected chi connectivity index (χ3v) is 4.28. The van der Waals surface area contributed by atoms with Crippen molar-refractivity contribution in [2.24, 2.45) is 0 Å². The number of hydrogen-bond acceptors (Lipinski definition) is 3.